The van der Waals surface area contributed by atoms with Crippen molar-refractivity contribution in [2.24, 2.45) is 0 Å². The first-order chi connectivity index (χ1) is 8.47. The highest BCUT2D eigenvalue weighted by molar-refractivity contribution is 5.97. The van der Waals surface area contributed by atoms with E-state index in [1.807, 2.05) is 0 Å². The molecule has 0 aliphatic heterocycles. The van der Waals surface area contributed by atoms with E-state index < -0.39 is 5.91 Å². The zero-order valence-corrected chi connectivity index (χ0v) is 10.3. The number of phenolic OH excluding ortho intramolecular Hbond substituents is 2. The number of amides is 2. The number of carbonyl (C=O) groups excluding carboxylic acids is 2. The van der Waals surface area contributed by atoms with Gasteiger partial charge in [0.2, 0.25) is 5.91 Å². The molecule has 1 aromatic rings. The molecule has 18 heavy (non-hydrogen) atoms. The predicted octanol–water partition coefficient (Wildman–Crippen LogP) is 0.306. The second-order valence-corrected chi connectivity index (χ2v) is 3.73. The van der Waals surface area contributed by atoms with Crippen LogP contribution in [0.3, 0.4) is 0 Å². The van der Waals surface area contributed by atoms with Gasteiger partial charge in [-0.2, -0.15) is 0 Å². The molecule has 3 N–H and O–H groups in total. The van der Waals surface area contributed by atoms with Gasteiger partial charge in [-0.1, -0.05) is 0 Å². The van der Waals surface area contributed by atoms with Crippen molar-refractivity contribution >= 4 is 11.8 Å². The van der Waals surface area contributed by atoms with Crippen LogP contribution in [0.4, 0.5) is 0 Å². The van der Waals surface area contributed by atoms with Crippen LogP contribution in [0.5, 0.6) is 11.5 Å². The van der Waals surface area contributed by atoms with E-state index in [2.05, 4.69) is 5.32 Å². The van der Waals surface area contributed by atoms with Gasteiger partial charge < -0.3 is 20.4 Å². The van der Waals surface area contributed by atoms with Gasteiger partial charge in [-0.3, -0.25) is 9.59 Å². The maximum atomic E-state index is 12.1. The van der Waals surface area contributed by atoms with E-state index in [0.29, 0.717) is 6.54 Å². The van der Waals surface area contributed by atoms with Crippen LogP contribution < -0.4 is 5.32 Å². The van der Waals surface area contributed by atoms with Crippen LogP contribution in [0, 0.1) is 0 Å². The minimum Gasteiger partial charge on any atom is -0.508 e. The van der Waals surface area contributed by atoms with Gasteiger partial charge in [-0.05, 0) is 19.1 Å². The Hall–Kier alpha value is -2.24. The summed E-state index contributed by atoms with van der Waals surface area (Å²) >= 11 is 0. The lowest BCUT2D eigenvalue weighted by Gasteiger charge is -2.20. The van der Waals surface area contributed by atoms with E-state index in [1.165, 1.54) is 24.1 Å². The topological polar surface area (TPSA) is 89.9 Å². The Kier molecular flexibility index (Phi) is 4.53. The van der Waals surface area contributed by atoms with Crippen molar-refractivity contribution in [2.45, 2.75) is 6.92 Å². The maximum Gasteiger partial charge on any atom is 0.254 e. The predicted molar refractivity (Wildman–Crippen MR) is 65.4 cm³/mol. The Morgan fingerprint density at radius 3 is 2.22 bits per heavy atom. The monoisotopic (exact) mass is 252 g/mol. The zero-order chi connectivity index (χ0) is 13.7. The molecule has 0 unspecified atom stereocenters. The second-order valence-electron chi connectivity index (χ2n) is 3.73. The number of hydrogen-bond donors (Lipinski definition) is 3. The lowest BCUT2D eigenvalue weighted by atomic mass is 10.1. The van der Waals surface area contributed by atoms with Gasteiger partial charge in [0.05, 0.1) is 6.54 Å². The average Bonchev–Trinajstić information content (AvgIpc) is 2.33. The fourth-order valence-corrected chi connectivity index (χ4v) is 1.48. The third-order valence-corrected chi connectivity index (χ3v) is 2.43. The van der Waals surface area contributed by atoms with Crippen LogP contribution in [-0.2, 0) is 4.79 Å². The summed E-state index contributed by atoms with van der Waals surface area (Å²) in [7, 11) is 1.49. The van der Waals surface area contributed by atoms with Crippen molar-refractivity contribution in [3.8, 4) is 11.5 Å². The second kappa shape index (κ2) is 5.90. The molecule has 0 fully saturated rings. The highest BCUT2D eigenvalue weighted by Crippen LogP contribution is 2.21. The molecule has 0 spiro atoms. The number of hydrogen-bond acceptors (Lipinski definition) is 4. The standard InChI is InChI=1S/C12H16N2O4/c1-3-14(7-11(17)13-2)12(18)8-4-9(15)6-10(16)5-8/h4-6,15-16H,3,7H2,1-2H3,(H,13,17). The number of benzene rings is 1. The number of nitrogens with zero attached hydrogens (tertiary/aromatic N) is 1. The van der Waals surface area contributed by atoms with Gasteiger partial charge in [-0.15, -0.1) is 0 Å². The molecular weight excluding hydrogens is 236 g/mol. The third-order valence-electron chi connectivity index (χ3n) is 2.43. The van der Waals surface area contributed by atoms with Gasteiger partial charge in [0, 0.05) is 25.2 Å². The fraction of sp³-hybridized carbons (Fsp3) is 0.333. The van der Waals surface area contributed by atoms with E-state index in [0.717, 1.165) is 6.07 Å². The molecule has 1 aromatic carbocycles. The molecule has 2 amide bonds. The van der Waals surface area contributed by atoms with Crippen molar-refractivity contribution in [2.75, 3.05) is 20.1 Å². The van der Waals surface area contributed by atoms with Crippen molar-refractivity contribution in [3.05, 3.63) is 23.8 Å². The number of aromatic hydroxyl groups is 2. The molecule has 0 bridgehead atoms. The van der Waals surface area contributed by atoms with Crippen LogP contribution >= 0.6 is 0 Å². The third kappa shape index (κ3) is 3.38. The summed E-state index contributed by atoms with van der Waals surface area (Å²) in [5.41, 5.74) is 0.137. The first kappa shape index (κ1) is 13.8. The molecule has 0 aliphatic rings. The summed E-state index contributed by atoms with van der Waals surface area (Å²) in [6.07, 6.45) is 0. The quantitative estimate of drug-likeness (QED) is 0.719. The molecule has 6 heteroatoms. The SMILES string of the molecule is CCN(CC(=O)NC)C(=O)c1cc(O)cc(O)c1. The Morgan fingerprint density at radius 1 is 1.22 bits per heavy atom. The van der Waals surface area contributed by atoms with Crippen molar-refractivity contribution in [3.63, 3.8) is 0 Å². The Morgan fingerprint density at radius 2 is 1.78 bits per heavy atom. The lowest BCUT2D eigenvalue weighted by molar-refractivity contribution is -0.121. The Labute approximate surface area is 105 Å². The Balaban J connectivity index is 2.92. The Bertz CT molecular complexity index is 439. The highest BCUT2D eigenvalue weighted by Gasteiger charge is 2.17. The number of likely N-dealkylation sites (N-methyl/N-ethyl adjacent to an activating group) is 2. The van der Waals surface area contributed by atoms with Gasteiger partial charge in [-0.25, -0.2) is 0 Å². The first-order valence-electron chi connectivity index (χ1n) is 5.50. The van der Waals surface area contributed by atoms with Crippen LogP contribution in [0.15, 0.2) is 18.2 Å². The van der Waals surface area contributed by atoms with Crippen molar-refractivity contribution in [1.82, 2.24) is 10.2 Å². The van der Waals surface area contributed by atoms with E-state index in [-0.39, 0.29) is 29.5 Å². The van der Waals surface area contributed by atoms with Gasteiger partial charge in [0.1, 0.15) is 11.5 Å². The number of phenols is 2. The molecule has 0 aliphatic carbocycles. The van der Waals surface area contributed by atoms with Crippen LogP contribution in [0.1, 0.15) is 17.3 Å². The van der Waals surface area contributed by atoms with Crippen LogP contribution in [0.2, 0.25) is 0 Å². The normalized spacial score (nSPS) is 9.89. The summed E-state index contributed by atoms with van der Waals surface area (Å²) in [5.74, 6) is -1.11. The smallest absolute Gasteiger partial charge is 0.254 e. The first-order valence-corrected chi connectivity index (χ1v) is 5.50. The van der Waals surface area contributed by atoms with Crippen molar-refractivity contribution < 1.29 is 19.8 Å². The van der Waals surface area contributed by atoms with E-state index >= 15 is 0 Å². The molecule has 0 heterocycles. The molecule has 6 nitrogen and oxygen atoms in total. The number of nitrogens with one attached hydrogen (secondary N) is 1. The molecule has 1 rings (SSSR count). The molecule has 0 atom stereocenters. The molecule has 0 saturated heterocycles. The van der Waals surface area contributed by atoms with E-state index in [1.54, 1.807) is 6.92 Å². The van der Waals surface area contributed by atoms with Gasteiger partial charge in [0.15, 0.2) is 0 Å². The van der Waals surface area contributed by atoms with Crippen molar-refractivity contribution in [1.29, 1.82) is 0 Å². The molecule has 0 aromatic heterocycles. The minimum atomic E-state index is -0.424. The molecular formula is C12H16N2O4. The summed E-state index contributed by atoms with van der Waals surface area (Å²) < 4.78 is 0. The molecule has 98 valence electrons. The van der Waals surface area contributed by atoms with E-state index in [4.69, 9.17) is 0 Å². The van der Waals surface area contributed by atoms with Crippen LogP contribution in [0.25, 0.3) is 0 Å². The van der Waals surface area contributed by atoms with Gasteiger partial charge in [0.25, 0.3) is 5.91 Å². The molecule has 0 radical (unpaired) electrons. The number of carbonyl (C=O) groups is 2. The van der Waals surface area contributed by atoms with Gasteiger partial charge >= 0.3 is 0 Å². The largest absolute Gasteiger partial charge is 0.508 e. The summed E-state index contributed by atoms with van der Waals surface area (Å²) in [6.45, 7) is 2.02. The lowest BCUT2D eigenvalue weighted by Crippen LogP contribution is -2.39. The van der Waals surface area contributed by atoms with Crippen LogP contribution in [-0.4, -0.2) is 47.1 Å². The van der Waals surface area contributed by atoms with E-state index in [9.17, 15) is 19.8 Å². The summed E-state index contributed by atoms with van der Waals surface area (Å²) in [5, 5.41) is 21.1. The fourth-order valence-electron chi connectivity index (χ4n) is 1.48. The maximum absolute atomic E-state index is 12.1. The average molecular weight is 252 g/mol. The number of rotatable bonds is 4. The highest BCUT2D eigenvalue weighted by atomic mass is 16.3. The zero-order valence-electron chi connectivity index (χ0n) is 10.3. The minimum absolute atomic E-state index is 0.0672. The summed E-state index contributed by atoms with van der Waals surface area (Å²) in [4.78, 5) is 24.6. The molecule has 0 saturated carbocycles. The summed E-state index contributed by atoms with van der Waals surface area (Å²) in [6, 6.07) is 3.62.